The predicted octanol–water partition coefficient (Wildman–Crippen LogP) is 3.16. The number of esters is 1. The Morgan fingerprint density at radius 2 is 1.34 bits per heavy atom. The number of carbonyl (C=O) groups is 3. The number of hydrogen-bond donors (Lipinski definition) is 2. The summed E-state index contributed by atoms with van der Waals surface area (Å²) in [5.74, 6) is 0.129. The Bertz CT molecular complexity index is 1120. The number of para-hydroxylation sites is 1. The van der Waals surface area contributed by atoms with Crippen LogP contribution in [0.1, 0.15) is 27.6 Å². The van der Waals surface area contributed by atoms with Gasteiger partial charge in [0.2, 0.25) is 0 Å². The lowest BCUT2D eigenvalue weighted by Crippen LogP contribution is -2.43. The molecule has 3 rings (SSSR count). The number of rotatable bonds is 11. The standard InChI is InChI=1S/C26H26N2O7/c1-2-32-26(31)19-11-13-22(14-12-19)35-18-24(29)27-28-25(30)20-7-6-10-23(17-20)34-16-15-33-21-8-4-3-5-9-21/h3-14,17H,2,15-16,18H2,1H3,(H,27,29)(H,28,30). The predicted molar refractivity (Wildman–Crippen MR) is 127 cm³/mol. The van der Waals surface area contributed by atoms with Gasteiger partial charge in [-0.15, -0.1) is 0 Å². The Morgan fingerprint density at radius 1 is 0.686 bits per heavy atom. The molecule has 35 heavy (non-hydrogen) atoms. The Balaban J connectivity index is 1.38. The molecule has 2 N–H and O–H groups in total. The molecule has 2 amide bonds. The summed E-state index contributed by atoms with van der Waals surface area (Å²) < 4.78 is 21.5. The Morgan fingerprint density at radius 3 is 2.06 bits per heavy atom. The van der Waals surface area contributed by atoms with Gasteiger partial charge in [-0.05, 0) is 61.5 Å². The lowest BCUT2D eigenvalue weighted by molar-refractivity contribution is -0.123. The smallest absolute Gasteiger partial charge is 0.338 e. The van der Waals surface area contributed by atoms with Gasteiger partial charge in [-0.25, -0.2) is 4.79 Å². The highest BCUT2D eigenvalue weighted by molar-refractivity contribution is 5.95. The van der Waals surface area contributed by atoms with E-state index in [1.54, 1.807) is 43.3 Å². The third-order valence-electron chi connectivity index (χ3n) is 4.51. The summed E-state index contributed by atoms with van der Waals surface area (Å²) in [5.41, 5.74) is 5.31. The fraction of sp³-hybridized carbons (Fsp3) is 0.192. The molecule has 0 aliphatic rings. The highest BCUT2D eigenvalue weighted by Crippen LogP contribution is 2.14. The molecule has 0 saturated carbocycles. The zero-order valence-electron chi connectivity index (χ0n) is 19.2. The maximum absolute atomic E-state index is 12.4. The topological polar surface area (TPSA) is 112 Å². The van der Waals surface area contributed by atoms with E-state index >= 15 is 0 Å². The van der Waals surface area contributed by atoms with Crippen LogP contribution in [0.25, 0.3) is 0 Å². The van der Waals surface area contributed by atoms with Crippen LogP contribution in [0.4, 0.5) is 0 Å². The minimum absolute atomic E-state index is 0.282. The molecular weight excluding hydrogens is 452 g/mol. The molecule has 0 atom stereocenters. The average molecular weight is 479 g/mol. The van der Waals surface area contributed by atoms with Crippen molar-refractivity contribution in [1.29, 1.82) is 0 Å². The van der Waals surface area contributed by atoms with Gasteiger partial charge in [0, 0.05) is 5.56 Å². The van der Waals surface area contributed by atoms with Gasteiger partial charge in [-0.3, -0.25) is 20.4 Å². The minimum Gasteiger partial charge on any atom is -0.490 e. The SMILES string of the molecule is CCOC(=O)c1ccc(OCC(=O)NNC(=O)c2cccc(OCCOc3ccccc3)c2)cc1. The van der Waals surface area contributed by atoms with E-state index in [1.807, 2.05) is 30.3 Å². The van der Waals surface area contributed by atoms with Crippen LogP contribution >= 0.6 is 0 Å². The van der Waals surface area contributed by atoms with Crippen molar-refractivity contribution in [3.8, 4) is 17.2 Å². The van der Waals surface area contributed by atoms with Gasteiger partial charge in [0.25, 0.3) is 11.8 Å². The van der Waals surface area contributed by atoms with E-state index < -0.39 is 17.8 Å². The second kappa shape index (κ2) is 13.2. The zero-order valence-corrected chi connectivity index (χ0v) is 19.2. The lowest BCUT2D eigenvalue weighted by atomic mass is 10.2. The second-order valence-corrected chi connectivity index (χ2v) is 7.07. The van der Waals surface area contributed by atoms with Crippen LogP contribution in [0.15, 0.2) is 78.9 Å². The number of carbonyl (C=O) groups excluding carboxylic acids is 3. The van der Waals surface area contributed by atoms with E-state index in [9.17, 15) is 14.4 Å². The van der Waals surface area contributed by atoms with Crippen molar-refractivity contribution in [2.45, 2.75) is 6.92 Å². The molecule has 182 valence electrons. The molecular formula is C26H26N2O7. The molecule has 3 aromatic rings. The van der Waals surface area contributed by atoms with Crippen LogP contribution < -0.4 is 25.1 Å². The molecule has 0 aliphatic carbocycles. The Kier molecular flexibility index (Phi) is 9.50. The molecule has 0 saturated heterocycles. The first kappa shape index (κ1) is 25.1. The molecule has 3 aromatic carbocycles. The van der Waals surface area contributed by atoms with Crippen LogP contribution in [0.5, 0.6) is 17.2 Å². The number of hydrogen-bond acceptors (Lipinski definition) is 7. The van der Waals surface area contributed by atoms with Gasteiger partial charge in [0.15, 0.2) is 6.61 Å². The summed E-state index contributed by atoms with van der Waals surface area (Å²) >= 11 is 0. The van der Waals surface area contributed by atoms with Crippen LogP contribution in [0.3, 0.4) is 0 Å². The third kappa shape index (κ3) is 8.39. The van der Waals surface area contributed by atoms with E-state index in [1.165, 1.54) is 12.1 Å². The van der Waals surface area contributed by atoms with Crippen LogP contribution in [-0.4, -0.2) is 44.2 Å². The first-order valence-electron chi connectivity index (χ1n) is 10.9. The maximum Gasteiger partial charge on any atom is 0.338 e. The first-order chi connectivity index (χ1) is 17.0. The van der Waals surface area contributed by atoms with Crippen LogP contribution in [-0.2, 0) is 9.53 Å². The van der Waals surface area contributed by atoms with E-state index in [2.05, 4.69) is 10.9 Å². The lowest BCUT2D eigenvalue weighted by Gasteiger charge is -2.11. The summed E-state index contributed by atoms with van der Waals surface area (Å²) in [6.45, 7) is 2.32. The van der Waals surface area contributed by atoms with Gasteiger partial charge < -0.3 is 18.9 Å². The van der Waals surface area contributed by atoms with Gasteiger partial charge >= 0.3 is 5.97 Å². The molecule has 0 heterocycles. The largest absolute Gasteiger partial charge is 0.490 e. The molecule has 0 fully saturated rings. The number of benzene rings is 3. The number of ether oxygens (including phenoxy) is 4. The molecule has 0 unspecified atom stereocenters. The van der Waals surface area contributed by atoms with Crippen LogP contribution in [0.2, 0.25) is 0 Å². The summed E-state index contributed by atoms with van der Waals surface area (Å²) in [4.78, 5) is 36.0. The number of nitrogens with one attached hydrogen (secondary N) is 2. The molecule has 0 aromatic heterocycles. The van der Waals surface area contributed by atoms with Crippen LogP contribution in [0, 0.1) is 0 Å². The Labute approximate surface area is 202 Å². The highest BCUT2D eigenvalue weighted by atomic mass is 16.5. The first-order valence-corrected chi connectivity index (χ1v) is 10.9. The fourth-order valence-corrected chi connectivity index (χ4v) is 2.85. The van der Waals surface area contributed by atoms with E-state index in [0.717, 1.165) is 5.75 Å². The molecule has 0 radical (unpaired) electrons. The average Bonchev–Trinajstić information content (AvgIpc) is 2.89. The van der Waals surface area contributed by atoms with E-state index in [4.69, 9.17) is 18.9 Å². The van der Waals surface area contributed by atoms with Crippen molar-refractivity contribution < 1.29 is 33.3 Å². The molecule has 0 spiro atoms. The zero-order chi connectivity index (χ0) is 24.9. The Hall–Kier alpha value is -4.53. The van der Waals surface area contributed by atoms with E-state index in [-0.39, 0.29) is 13.2 Å². The highest BCUT2D eigenvalue weighted by Gasteiger charge is 2.10. The van der Waals surface area contributed by atoms with Crippen molar-refractivity contribution in [3.05, 3.63) is 90.0 Å². The quantitative estimate of drug-likeness (QED) is 0.247. The molecule has 9 nitrogen and oxygen atoms in total. The molecule has 0 aliphatic heterocycles. The van der Waals surface area contributed by atoms with Gasteiger partial charge in [0.05, 0.1) is 12.2 Å². The molecule has 9 heteroatoms. The molecule has 0 bridgehead atoms. The fourth-order valence-electron chi connectivity index (χ4n) is 2.85. The summed E-state index contributed by atoms with van der Waals surface area (Å²) in [6.07, 6.45) is 0. The summed E-state index contributed by atoms with van der Waals surface area (Å²) in [7, 11) is 0. The number of amides is 2. The van der Waals surface area contributed by atoms with Gasteiger partial charge in [0.1, 0.15) is 30.5 Å². The van der Waals surface area contributed by atoms with Gasteiger partial charge in [-0.1, -0.05) is 24.3 Å². The van der Waals surface area contributed by atoms with Crippen molar-refractivity contribution in [1.82, 2.24) is 10.9 Å². The second-order valence-electron chi connectivity index (χ2n) is 7.07. The van der Waals surface area contributed by atoms with Crippen molar-refractivity contribution in [2.24, 2.45) is 0 Å². The third-order valence-corrected chi connectivity index (χ3v) is 4.51. The van der Waals surface area contributed by atoms with Crippen molar-refractivity contribution >= 4 is 17.8 Å². The van der Waals surface area contributed by atoms with E-state index in [0.29, 0.717) is 35.8 Å². The summed E-state index contributed by atoms with van der Waals surface area (Å²) in [6, 6.07) is 22.1. The van der Waals surface area contributed by atoms with Gasteiger partial charge in [-0.2, -0.15) is 0 Å². The number of hydrazine groups is 1. The maximum atomic E-state index is 12.4. The monoisotopic (exact) mass is 478 g/mol. The minimum atomic E-state index is -0.557. The van der Waals surface area contributed by atoms with Crippen molar-refractivity contribution in [3.63, 3.8) is 0 Å². The van der Waals surface area contributed by atoms with Crippen molar-refractivity contribution in [2.75, 3.05) is 26.4 Å². The normalized spacial score (nSPS) is 10.1. The summed E-state index contributed by atoms with van der Waals surface area (Å²) in [5, 5.41) is 0.